The molecule has 0 atom stereocenters. The van der Waals surface area contributed by atoms with E-state index in [4.69, 9.17) is 4.74 Å². The van der Waals surface area contributed by atoms with Gasteiger partial charge in [0.2, 0.25) is 0 Å². The van der Waals surface area contributed by atoms with Crippen molar-refractivity contribution in [1.82, 2.24) is 0 Å². The Labute approximate surface area is 76.3 Å². The normalized spacial score (nSPS) is 9.69. The molecule has 1 aromatic rings. The molecule has 1 aromatic heterocycles. The maximum absolute atomic E-state index is 11.1. The molecule has 0 saturated heterocycles. The molecular formula is C9H11NO3. The molecule has 0 amide bonds. The number of nitrogens with zero attached hydrogens (tertiary/aromatic N) is 1. The van der Waals surface area contributed by atoms with Gasteiger partial charge in [0.05, 0.1) is 6.61 Å². The van der Waals surface area contributed by atoms with Crippen LogP contribution in [-0.4, -0.2) is 12.6 Å². The van der Waals surface area contributed by atoms with Gasteiger partial charge in [-0.1, -0.05) is 0 Å². The molecule has 4 heteroatoms. The zero-order chi connectivity index (χ0) is 9.84. The lowest BCUT2D eigenvalue weighted by molar-refractivity contribution is -0.612. The standard InChI is InChI=1S/C9H11NO3/c1-3-13-9(11)8-5-4-7(2)10(12)6-8/h4-6H,3H2,1-2H3. The fourth-order valence-corrected chi connectivity index (χ4v) is 0.890. The van der Waals surface area contributed by atoms with Gasteiger partial charge >= 0.3 is 5.97 Å². The van der Waals surface area contributed by atoms with Crippen molar-refractivity contribution >= 4 is 5.97 Å². The van der Waals surface area contributed by atoms with Gasteiger partial charge in [-0.05, 0) is 13.0 Å². The summed E-state index contributed by atoms with van der Waals surface area (Å²) >= 11 is 0. The molecule has 0 unspecified atom stereocenters. The molecule has 13 heavy (non-hydrogen) atoms. The zero-order valence-electron chi connectivity index (χ0n) is 7.61. The van der Waals surface area contributed by atoms with Crippen molar-refractivity contribution in [1.29, 1.82) is 0 Å². The monoisotopic (exact) mass is 181 g/mol. The number of aromatic nitrogens is 1. The molecular weight excluding hydrogens is 170 g/mol. The minimum Gasteiger partial charge on any atom is -0.618 e. The predicted molar refractivity (Wildman–Crippen MR) is 46.1 cm³/mol. The van der Waals surface area contributed by atoms with Crippen LogP contribution < -0.4 is 4.73 Å². The van der Waals surface area contributed by atoms with Crippen LogP contribution >= 0.6 is 0 Å². The first-order valence-corrected chi connectivity index (χ1v) is 4.02. The first-order chi connectivity index (χ1) is 6.15. The molecule has 0 fully saturated rings. The fourth-order valence-electron chi connectivity index (χ4n) is 0.890. The van der Waals surface area contributed by atoms with Crippen molar-refractivity contribution in [3.63, 3.8) is 0 Å². The van der Waals surface area contributed by atoms with Gasteiger partial charge in [-0.15, -0.1) is 0 Å². The van der Waals surface area contributed by atoms with Crippen LogP contribution in [0.4, 0.5) is 0 Å². The van der Waals surface area contributed by atoms with E-state index in [1.807, 2.05) is 0 Å². The first kappa shape index (κ1) is 9.51. The lowest BCUT2D eigenvalue weighted by atomic mass is 10.2. The average molecular weight is 181 g/mol. The second kappa shape index (κ2) is 3.89. The number of rotatable bonds is 2. The number of pyridine rings is 1. The van der Waals surface area contributed by atoms with Crippen LogP contribution in [0.15, 0.2) is 18.3 Å². The Bertz CT molecular complexity index is 323. The Morgan fingerprint density at radius 3 is 2.85 bits per heavy atom. The van der Waals surface area contributed by atoms with Gasteiger partial charge in [-0.3, -0.25) is 0 Å². The third-order valence-corrected chi connectivity index (χ3v) is 1.62. The molecule has 0 N–H and O–H groups in total. The van der Waals surface area contributed by atoms with Crippen molar-refractivity contribution < 1.29 is 14.3 Å². The van der Waals surface area contributed by atoms with E-state index in [9.17, 15) is 10.0 Å². The second-order valence-corrected chi connectivity index (χ2v) is 2.61. The quantitative estimate of drug-likeness (QED) is 0.385. The molecule has 1 rings (SSSR count). The van der Waals surface area contributed by atoms with Gasteiger partial charge in [0.25, 0.3) is 0 Å². The maximum Gasteiger partial charge on any atom is 0.344 e. The van der Waals surface area contributed by atoms with Crippen LogP contribution in [-0.2, 0) is 4.74 Å². The largest absolute Gasteiger partial charge is 0.618 e. The zero-order valence-corrected chi connectivity index (χ0v) is 7.61. The van der Waals surface area contributed by atoms with E-state index in [0.717, 1.165) is 0 Å². The smallest absolute Gasteiger partial charge is 0.344 e. The first-order valence-electron chi connectivity index (χ1n) is 4.02. The summed E-state index contributed by atoms with van der Waals surface area (Å²) in [6.07, 6.45) is 1.22. The maximum atomic E-state index is 11.1. The number of carbonyl (C=O) groups excluding carboxylic acids is 1. The molecule has 0 aliphatic carbocycles. The number of aryl methyl sites for hydroxylation is 1. The highest BCUT2D eigenvalue weighted by atomic mass is 16.5. The van der Waals surface area contributed by atoms with Gasteiger partial charge in [0.1, 0.15) is 5.56 Å². The van der Waals surface area contributed by atoms with Crippen LogP contribution in [0.2, 0.25) is 0 Å². The van der Waals surface area contributed by atoms with E-state index in [2.05, 4.69) is 0 Å². The number of carbonyl (C=O) groups is 1. The third-order valence-electron chi connectivity index (χ3n) is 1.62. The molecule has 0 aliphatic rings. The van der Waals surface area contributed by atoms with Crippen LogP contribution in [0.1, 0.15) is 23.0 Å². The predicted octanol–water partition coefficient (Wildman–Crippen LogP) is 0.805. The van der Waals surface area contributed by atoms with Crippen molar-refractivity contribution in [3.8, 4) is 0 Å². The highest BCUT2D eigenvalue weighted by Crippen LogP contribution is 1.99. The fraction of sp³-hybridized carbons (Fsp3) is 0.333. The van der Waals surface area contributed by atoms with E-state index in [1.54, 1.807) is 26.0 Å². The Morgan fingerprint density at radius 1 is 1.62 bits per heavy atom. The Balaban J connectivity index is 2.90. The van der Waals surface area contributed by atoms with Gasteiger partial charge in [-0.25, -0.2) is 4.79 Å². The molecule has 0 spiro atoms. The number of hydrogen-bond donors (Lipinski definition) is 0. The summed E-state index contributed by atoms with van der Waals surface area (Å²) in [6, 6.07) is 3.15. The minimum atomic E-state index is -0.466. The number of hydrogen-bond acceptors (Lipinski definition) is 3. The third kappa shape index (κ3) is 2.18. The molecule has 1 heterocycles. The van der Waals surface area contributed by atoms with Gasteiger partial charge in [-0.2, -0.15) is 4.73 Å². The van der Waals surface area contributed by atoms with E-state index >= 15 is 0 Å². The minimum absolute atomic E-state index is 0.280. The SMILES string of the molecule is CCOC(=O)c1ccc(C)[n+]([O-])c1. The molecule has 0 aliphatic heterocycles. The molecule has 0 aromatic carbocycles. The second-order valence-electron chi connectivity index (χ2n) is 2.61. The Kier molecular flexibility index (Phi) is 2.84. The summed E-state index contributed by atoms with van der Waals surface area (Å²) in [4.78, 5) is 11.1. The molecule has 0 saturated carbocycles. The van der Waals surface area contributed by atoms with E-state index in [1.165, 1.54) is 6.20 Å². The summed E-state index contributed by atoms with van der Waals surface area (Å²) in [6.45, 7) is 3.70. The Morgan fingerprint density at radius 2 is 2.31 bits per heavy atom. The van der Waals surface area contributed by atoms with Crippen molar-refractivity contribution in [2.24, 2.45) is 0 Å². The number of ether oxygens (including phenoxy) is 1. The van der Waals surface area contributed by atoms with Gasteiger partial charge in [0.15, 0.2) is 11.9 Å². The van der Waals surface area contributed by atoms with Crippen LogP contribution in [0.5, 0.6) is 0 Å². The van der Waals surface area contributed by atoms with Crippen LogP contribution in [0.25, 0.3) is 0 Å². The van der Waals surface area contributed by atoms with Crippen LogP contribution in [0.3, 0.4) is 0 Å². The summed E-state index contributed by atoms with van der Waals surface area (Å²) in [5.74, 6) is -0.466. The van der Waals surface area contributed by atoms with Crippen molar-refractivity contribution in [2.75, 3.05) is 6.61 Å². The molecule has 4 nitrogen and oxygen atoms in total. The van der Waals surface area contributed by atoms with E-state index < -0.39 is 5.97 Å². The highest BCUT2D eigenvalue weighted by molar-refractivity contribution is 5.88. The van der Waals surface area contributed by atoms with Crippen molar-refractivity contribution in [2.45, 2.75) is 13.8 Å². The lowest BCUT2D eigenvalue weighted by Crippen LogP contribution is -2.30. The summed E-state index contributed by atoms with van der Waals surface area (Å²) in [5.41, 5.74) is 0.829. The lowest BCUT2D eigenvalue weighted by Gasteiger charge is -2.03. The Hall–Kier alpha value is -1.58. The topological polar surface area (TPSA) is 53.2 Å². The molecule has 0 bridgehead atoms. The molecule has 70 valence electrons. The van der Waals surface area contributed by atoms with Gasteiger partial charge < -0.3 is 9.94 Å². The van der Waals surface area contributed by atoms with Crippen molar-refractivity contribution in [3.05, 3.63) is 34.8 Å². The molecule has 0 radical (unpaired) electrons. The highest BCUT2D eigenvalue weighted by Gasteiger charge is 2.10. The van der Waals surface area contributed by atoms with Crippen LogP contribution in [0, 0.1) is 12.1 Å². The summed E-state index contributed by atoms with van der Waals surface area (Å²) in [7, 11) is 0. The van der Waals surface area contributed by atoms with Gasteiger partial charge in [0, 0.05) is 13.0 Å². The number of esters is 1. The summed E-state index contributed by atoms with van der Waals surface area (Å²) < 4.78 is 5.38. The van der Waals surface area contributed by atoms with E-state index in [-0.39, 0.29) is 5.56 Å². The van der Waals surface area contributed by atoms with E-state index in [0.29, 0.717) is 17.0 Å². The summed E-state index contributed by atoms with van der Waals surface area (Å²) in [5, 5.41) is 11.1. The average Bonchev–Trinajstić information content (AvgIpc) is 2.10.